The summed E-state index contributed by atoms with van der Waals surface area (Å²) >= 11 is 0. The van der Waals surface area contributed by atoms with Crippen molar-refractivity contribution in [3.63, 3.8) is 0 Å². The molecule has 0 bridgehead atoms. The molecule has 4 heteroatoms. The van der Waals surface area contributed by atoms with Crippen LogP contribution in [0.15, 0.2) is 18.3 Å². The van der Waals surface area contributed by atoms with Crippen LogP contribution in [-0.4, -0.2) is 23.7 Å². The minimum absolute atomic E-state index is 0.332. The van der Waals surface area contributed by atoms with E-state index in [-0.39, 0.29) is 5.60 Å². The van der Waals surface area contributed by atoms with Crippen molar-refractivity contribution in [1.29, 1.82) is 0 Å². The van der Waals surface area contributed by atoms with Gasteiger partial charge in [-0.25, -0.2) is 9.78 Å². The zero-order valence-corrected chi connectivity index (χ0v) is 9.40. The molecule has 1 aromatic heterocycles. The summed E-state index contributed by atoms with van der Waals surface area (Å²) in [5.74, 6) is 0.0292. The van der Waals surface area contributed by atoms with E-state index in [1.54, 1.807) is 12.1 Å². The molecule has 4 nitrogen and oxygen atoms in total. The van der Waals surface area contributed by atoms with Crippen molar-refractivity contribution < 1.29 is 14.3 Å². The van der Waals surface area contributed by atoms with Crippen molar-refractivity contribution in [2.75, 3.05) is 7.11 Å². The molecule has 0 aliphatic carbocycles. The summed E-state index contributed by atoms with van der Waals surface area (Å²) in [5, 5.41) is 0. The molecule has 82 valence electrons. The Bertz CT molecular complexity index is 355. The fourth-order valence-corrected chi connectivity index (χ4v) is 1.02. The van der Waals surface area contributed by atoms with Gasteiger partial charge in [-0.1, -0.05) is 0 Å². The highest BCUT2D eigenvalue weighted by atomic mass is 16.5. The number of pyridine rings is 1. The Labute approximate surface area is 89.2 Å². The van der Waals surface area contributed by atoms with Crippen LogP contribution in [0.3, 0.4) is 0 Å². The molecule has 0 unspecified atom stereocenters. The van der Waals surface area contributed by atoms with E-state index < -0.39 is 5.97 Å². The van der Waals surface area contributed by atoms with Crippen molar-refractivity contribution in [3.05, 3.63) is 23.9 Å². The van der Waals surface area contributed by atoms with Gasteiger partial charge >= 0.3 is 5.97 Å². The Morgan fingerprint density at radius 1 is 1.40 bits per heavy atom. The van der Waals surface area contributed by atoms with E-state index in [1.165, 1.54) is 13.3 Å². The van der Waals surface area contributed by atoms with E-state index >= 15 is 0 Å². The summed E-state index contributed by atoms with van der Waals surface area (Å²) in [5.41, 5.74) is 0.105. The molecule has 0 saturated carbocycles. The molecule has 1 aromatic rings. The second-order valence-electron chi connectivity index (χ2n) is 4.09. The number of esters is 1. The summed E-state index contributed by atoms with van der Waals surface area (Å²) in [6, 6.07) is 3.15. The smallest absolute Gasteiger partial charge is 0.338 e. The van der Waals surface area contributed by atoms with Gasteiger partial charge in [0, 0.05) is 12.3 Å². The fourth-order valence-electron chi connectivity index (χ4n) is 1.02. The maximum Gasteiger partial charge on any atom is 0.338 e. The number of aromatic nitrogens is 1. The third-order valence-electron chi connectivity index (χ3n) is 1.57. The summed E-state index contributed by atoms with van der Waals surface area (Å²) < 4.78 is 10.1. The predicted octanol–water partition coefficient (Wildman–Crippen LogP) is 2.05. The monoisotopic (exact) mass is 209 g/mol. The predicted molar refractivity (Wildman–Crippen MR) is 56.0 cm³/mol. The van der Waals surface area contributed by atoms with Crippen LogP contribution < -0.4 is 4.74 Å². The van der Waals surface area contributed by atoms with E-state index in [1.807, 2.05) is 20.8 Å². The van der Waals surface area contributed by atoms with E-state index in [0.29, 0.717) is 11.4 Å². The lowest BCUT2D eigenvalue weighted by molar-refractivity contribution is 0.0598. The molecular weight excluding hydrogens is 194 g/mol. The number of hydrogen-bond acceptors (Lipinski definition) is 4. The highest BCUT2D eigenvalue weighted by Gasteiger charge is 2.14. The molecule has 0 N–H and O–H groups in total. The van der Waals surface area contributed by atoms with Gasteiger partial charge in [-0.05, 0) is 26.8 Å². The summed E-state index contributed by atoms with van der Waals surface area (Å²) in [7, 11) is 1.34. The van der Waals surface area contributed by atoms with Crippen LogP contribution in [0.1, 0.15) is 31.1 Å². The van der Waals surface area contributed by atoms with E-state index in [9.17, 15) is 4.79 Å². The van der Waals surface area contributed by atoms with Gasteiger partial charge in [-0.15, -0.1) is 0 Å². The molecule has 0 aliphatic heterocycles. The fraction of sp³-hybridized carbons (Fsp3) is 0.455. The summed E-state index contributed by atoms with van der Waals surface area (Å²) in [4.78, 5) is 15.2. The largest absolute Gasteiger partial charge is 0.472 e. The molecule has 0 atom stereocenters. The minimum atomic E-state index is -0.392. The number of carbonyl (C=O) groups is 1. The van der Waals surface area contributed by atoms with Crippen molar-refractivity contribution in [1.82, 2.24) is 4.98 Å². The molecule has 1 heterocycles. The Kier molecular flexibility index (Phi) is 3.29. The quantitative estimate of drug-likeness (QED) is 0.699. The SMILES string of the molecule is COC(=O)c1ccnc(OC(C)(C)C)c1. The molecule has 0 radical (unpaired) electrons. The Morgan fingerprint density at radius 2 is 2.07 bits per heavy atom. The summed E-state index contributed by atoms with van der Waals surface area (Å²) in [6.07, 6.45) is 1.52. The lowest BCUT2D eigenvalue weighted by atomic mass is 10.2. The first-order valence-electron chi connectivity index (χ1n) is 4.66. The topological polar surface area (TPSA) is 48.4 Å². The van der Waals surface area contributed by atoms with Crippen LogP contribution in [0.4, 0.5) is 0 Å². The zero-order valence-electron chi connectivity index (χ0n) is 9.40. The number of ether oxygens (including phenoxy) is 2. The molecule has 0 saturated heterocycles. The number of methoxy groups -OCH3 is 1. The number of hydrogen-bond donors (Lipinski definition) is 0. The van der Waals surface area contributed by atoms with Crippen LogP contribution in [0, 0.1) is 0 Å². The van der Waals surface area contributed by atoms with Gasteiger partial charge < -0.3 is 9.47 Å². The molecule has 0 spiro atoms. The van der Waals surface area contributed by atoms with Crippen molar-refractivity contribution in [2.24, 2.45) is 0 Å². The number of carbonyl (C=O) groups excluding carboxylic acids is 1. The molecule has 0 amide bonds. The van der Waals surface area contributed by atoms with E-state index in [2.05, 4.69) is 9.72 Å². The third-order valence-corrected chi connectivity index (χ3v) is 1.57. The van der Waals surface area contributed by atoms with Gasteiger partial charge in [0.15, 0.2) is 0 Å². The maximum atomic E-state index is 11.2. The normalized spacial score (nSPS) is 10.9. The molecule has 0 aromatic carbocycles. The van der Waals surface area contributed by atoms with Gasteiger partial charge in [-0.3, -0.25) is 0 Å². The first-order chi connectivity index (χ1) is 6.92. The van der Waals surface area contributed by atoms with Crippen LogP contribution in [0.25, 0.3) is 0 Å². The highest BCUT2D eigenvalue weighted by Crippen LogP contribution is 2.16. The highest BCUT2D eigenvalue weighted by molar-refractivity contribution is 5.89. The first-order valence-corrected chi connectivity index (χ1v) is 4.66. The molecular formula is C11H15NO3. The van der Waals surface area contributed by atoms with Crippen LogP contribution in [0.2, 0.25) is 0 Å². The van der Waals surface area contributed by atoms with Gasteiger partial charge in [0.25, 0.3) is 0 Å². The molecule has 0 aliphatic rings. The second-order valence-corrected chi connectivity index (χ2v) is 4.09. The van der Waals surface area contributed by atoms with Gasteiger partial charge in [0.1, 0.15) is 5.60 Å². The van der Waals surface area contributed by atoms with Gasteiger partial charge in [0.2, 0.25) is 5.88 Å². The van der Waals surface area contributed by atoms with Gasteiger partial charge in [-0.2, -0.15) is 0 Å². The average molecular weight is 209 g/mol. The number of rotatable bonds is 2. The van der Waals surface area contributed by atoms with Crippen LogP contribution in [-0.2, 0) is 4.74 Å². The Balaban J connectivity index is 2.88. The molecule has 1 rings (SSSR count). The van der Waals surface area contributed by atoms with Crippen molar-refractivity contribution >= 4 is 5.97 Å². The minimum Gasteiger partial charge on any atom is -0.472 e. The van der Waals surface area contributed by atoms with Gasteiger partial charge in [0.05, 0.1) is 12.7 Å². The number of nitrogens with zero attached hydrogens (tertiary/aromatic N) is 1. The summed E-state index contributed by atoms with van der Waals surface area (Å²) in [6.45, 7) is 5.75. The van der Waals surface area contributed by atoms with Crippen LogP contribution >= 0.6 is 0 Å². The lowest BCUT2D eigenvalue weighted by Gasteiger charge is -2.20. The Hall–Kier alpha value is -1.58. The zero-order chi connectivity index (χ0) is 11.5. The molecule has 15 heavy (non-hydrogen) atoms. The Morgan fingerprint density at radius 3 is 2.60 bits per heavy atom. The van der Waals surface area contributed by atoms with E-state index in [4.69, 9.17) is 4.74 Å². The van der Waals surface area contributed by atoms with Crippen molar-refractivity contribution in [2.45, 2.75) is 26.4 Å². The maximum absolute atomic E-state index is 11.2. The standard InChI is InChI=1S/C11H15NO3/c1-11(2,3)15-9-7-8(5-6-12-9)10(13)14-4/h5-7H,1-4H3. The average Bonchev–Trinajstić information content (AvgIpc) is 2.14. The lowest BCUT2D eigenvalue weighted by Crippen LogP contribution is -2.23. The van der Waals surface area contributed by atoms with E-state index in [0.717, 1.165) is 0 Å². The second kappa shape index (κ2) is 4.29. The van der Waals surface area contributed by atoms with Crippen LogP contribution in [0.5, 0.6) is 5.88 Å². The van der Waals surface area contributed by atoms with Crippen molar-refractivity contribution in [3.8, 4) is 5.88 Å². The first kappa shape index (κ1) is 11.5. The molecule has 0 fully saturated rings. The third kappa shape index (κ3) is 3.58.